The van der Waals surface area contributed by atoms with Crippen molar-refractivity contribution in [2.45, 2.75) is 213 Å². The molecular formula is C38H72N+. The summed E-state index contributed by atoms with van der Waals surface area (Å²) < 4.78 is 2.56. The Hall–Kier alpha value is -0.850. The second kappa shape index (κ2) is 28.7. The zero-order chi connectivity index (χ0) is 28.1. The number of rotatable bonds is 30. The molecule has 1 aromatic rings. The van der Waals surface area contributed by atoms with E-state index in [1.807, 2.05) is 0 Å². The van der Waals surface area contributed by atoms with Crippen molar-refractivity contribution >= 4 is 0 Å². The van der Waals surface area contributed by atoms with Crippen LogP contribution in [-0.4, -0.2) is 0 Å². The minimum absolute atomic E-state index is 0.686. The predicted octanol–water partition coefficient (Wildman–Crippen LogP) is 13.0. The molecular weight excluding hydrogens is 470 g/mol. The number of nitrogens with zero attached hydrogens (tertiary/aromatic N) is 1. The van der Waals surface area contributed by atoms with E-state index in [2.05, 4.69) is 49.7 Å². The van der Waals surface area contributed by atoms with Gasteiger partial charge in [-0.25, -0.2) is 4.57 Å². The minimum atomic E-state index is 0.686. The number of pyridine rings is 1. The van der Waals surface area contributed by atoms with Crippen molar-refractivity contribution in [3.05, 3.63) is 30.1 Å². The lowest BCUT2D eigenvalue weighted by Crippen LogP contribution is -2.38. The van der Waals surface area contributed by atoms with Gasteiger partial charge in [0.15, 0.2) is 11.9 Å². The highest BCUT2D eigenvalue weighted by molar-refractivity contribution is 5.02. The summed E-state index contributed by atoms with van der Waals surface area (Å²) in [5, 5.41) is 0. The Bertz CT molecular complexity index is 609. The van der Waals surface area contributed by atoms with Crippen LogP contribution in [0, 0.1) is 0 Å². The van der Waals surface area contributed by atoms with Crippen molar-refractivity contribution < 1.29 is 4.57 Å². The number of aromatic nitrogens is 1. The van der Waals surface area contributed by atoms with E-state index in [0.29, 0.717) is 5.92 Å². The van der Waals surface area contributed by atoms with Gasteiger partial charge in [-0.3, -0.25) is 0 Å². The molecule has 1 nitrogen and oxygen atoms in total. The van der Waals surface area contributed by atoms with Gasteiger partial charge in [-0.05, 0) is 12.8 Å². The second-order valence-electron chi connectivity index (χ2n) is 12.8. The first-order valence-corrected chi connectivity index (χ1v) is 18.3. The maximum absolute atomic E-state index is 2.56. The number of hydrogen-bond acceptors (Lipinski definition) is 0. The third-order valence-corrected chi connectivity index (χ3v) is 8.97. The van der Waals surface area contributed by atoms with Crippen molar-refractivity contribution in [2.75, 3.05) is 0 Å². The van der Waals surface area contributed by atoms with Crippen LogP contribution in [0.1, 0.15) is 212 Å². The maximum Gasteiger partial charge on any atom is 0.184 e. The smallest absolute Gasteiger partial charge is 0.184 e. The lowest BCUT2D eigenvalue weighted by molar-refractivity contribution is -0.705. The van der Waals surface area contributed by atoms with Crippen LogP contribution in [0.3, 0.4) is 0 Å². The van der Waals surface area contributed by atoms with Gasteiger partial charge in [0, 0.05) is 24.5 Å². The van der Waals surface area contributed by atoms with Crippen LogP contribution in [0.25, 0.3) is 0 Å². The minimum Gasteiger partial charge on any atom is -0.202 e. The number of aryl methyl sites for hydroxylation is 1. The summed E-state index contributed by atoms with van der Waals surface area (Å²) in [5.41, 5.74) is 1.56. The molecule has 0 radical (unpaired) electrons. The van der Waals surface area contributed by atoms with Gasteiger partial charge in [0.2, 0.25) is 0 Å². The van der Waals surface area contributed by atoms with E-state index in [4.69, 9.17) is 0 Å². The molecule has 1 rings (SSSR count). The van der Waals surface area contributed by atoms with Crippen molar-refractivity contribution in [3.8, 4) is 0 Å². The van der Waals surface area contributed by atoms with Crippen LogP contribution < -0.4 is 4.57 Å². The fourth-order valence-electron chi connectivity index (χ4n) is 6.23. The van der Waals surface area contributed by atoms with Gasteiger partial charge in [0.05, 0.1) is 0 Å². The average molecular weight is 543 g/mol. The summed E-state index contributed by atoms with van der Waals surface area (Å²) in [6, 6.07) is 6.86. The predicted molar refractivity (Wildman–Crippen MR) is 176 cm³/mol. The van der Waals surface area contributed by atoms with E-state index in [1.54, 1.807) is 5.69 Å². The van der Waals surface area contributed by atoms with Crippen LogP contribution in [0.15, 0.2) is 24.4 Å². The summed E-state index contributed by atoms with van der Waals surface area (Å²) in [5.74, 6) is 0.686. The highest BCUT2D eigenvalue weighted by Gasteiger charge is 2.16. The van der Waals surface area contributed by atoms with Gasteiger partial charge in [-0.1, -0.05) is 187 Å². The number of unbranched alkanes of at least 4 members (excludes halogenated alkanes) is 25. The van der Waals surface area contributed by atoms with Crippen LogP contribution in [0.5, 0.6) is 0 Å². The number of hydrogen-bond donors (Lipinski definition) is 0. The molecule has 1 heterocycles. The highest BCUT2D eigenvalue weighted by atomic mass is 15.0. The van der Waals surface area contributed by atoms with E-state index in [0.717, 1.165) is 0 Å². The molecule has 0 aliphatic heterocycles. The summed E-state index contributed by atoms with van der Waals surface area (Å²) in [4.78, 5) is 0. The maximum atomic E-state index is 2.56. The Morgan fingerprint density at radius 3 is 1.23 bits per heavy atom. The molecule has 0 amide bonds. The Balaban J connectivity index is 2.00. The van der Waals surface area contributed by atoms with Gasteiger partial charge in [-0.2, -0.15) is 0 Å². The SMILES string of the molecule is CCCCCCCCCCCCCCCC[n+]1ccccc1C(C)CCCCCCCCCCCCCCC. The quantitative estimate of drug-likeness (QED) is 0.0672. The summed E-state index contributed by atoms with van der Waals surface area (Å²) in [6.45, 7) is 8.27. The Morgan fingerprint density at radius 2 is 0.821 bits per heavy atom. The van der Waals surface area contributed by atoms with Crippen molar-refractivity contribution in [1.82, 2.24) is 0 Å². The fraction of sp³-hybridized carbons (Fsp3) is 0.868. The molecule has 1 aromatic heterocycles. The largest absolute Gasteiger partial charge is 0.202 e. The standard InChI is InChI=1S/C38H72N/c1-4-6-8-10-12-14-16-18-20-22-24-26-28-31-35-39-36-32-30-34-38(39)37(3)33-29-27-25-23-21-19-17-15-13-11-9-7-5-2/h30,32,34,36-37H,4-29,31,33,35H2,1-3H3/q+1. The molecule has 39 heavy (non-hydrogen) atoms. The van der Waals surface area contributed by atoms with E-state index in [9.17, 15) is 0 Å². The summed E-state index contributed by atoms with van der Waals surface area (Å²) >= 11 is 0. The first-order chi connectivity index (χ1) is 19.3. The molecule has 0 saturated heterocycles. The molecule has 228 valence electrons. The van der Waals surface area contributed by atoms with Crippen LogP contribution >= 0.6 is 0 Å². The normalized spacial score (nSPS) is 12.3. The lowest BCUT2D eigenvalue weighted by atomic mass is 9.97. The molecule has 0 aliphatic rings. The zero-order valence-corrected chi connectivity index (χ0v) is 27.3. The van der Waals surface area contributed by atoms with Crippen molar-refractivity contribution in [2.24, 2.45) is 0 Å². The average Bonchev–Trinajstić information content (AvgIpc) is 2.95. The van der Waals surface area contributed by atoms with Crippen LogP contribution in [0.4, 0.5) is 0 Å². The third-order valence-electron chi connectivity index (χ3n) is 8.97. The Morgan fingerprint density at radius 1 is 0.462 bits per heavy atom. The van der Waals surface area contributed by atoms with E-state index < -0.39 is 0 Å². The van der Waals surface area contributed by atoms with Gasteiger partial charge in [0.25, 0.3) is 0 Å². The molecule has 0 aromatic carbocycles. The molecule has 0 N–H and O–H groups in total. The van der Waals surface area contributed by atoms with E-state index in [-0.39, 0.29) is 0 Å². The van der Waals surface area contributed by atoms with Crippen LogP contribution in [0.2, 0.25) is 0 Å². The first kappa shape index (κ1) is 36.2. The van der Waals surface area contributed by atoms with Crippen LogP contribution in [-0.2, 0) is 6.54 Å². The molecule has 0 saturated carbocycles. The van der Waals surface area contributed by atoms with Gasteiger partial charge in [0.1, 0.15) is 6.54 Å². The summed E-state index contributed by atoms with van der Waals surface area (Å²) in [7, 11) is 0. The fourth-order valence-corrected chi connectivity index (χ4v) is 6.23. The third kappa shape index (κ3) is 22.5. The molecule has 1 heteroatoms. The molecule has 0 fully saturated rings. The monoisotopic (exact) mass is 543 g/mol. The molecule has 0 aliphatic carbocycles. The van der Waals surface area contributed by atoms with Gasteiger partial charge in [-0.15, -0.1) is 0 Å². The zero-order valence-electron chi connectivity index (χ0n) is 27.3. The molecule has 0 spiro atoms. The molecule has 0 bridgehead atoms. The lowest BCUT2D eigenvalue weighted by Gasteiger charge is -2.11. The topological polar surface area (TPSA) is 3.88 Å². The van der Waals surface area contributed by atoms with Gasteiger partial charge >= 0.3 is 0 Å². The molecule has 1 atom stereocenters. The highest BCUT2D eigenvalue weighted by Crippen LogP contribution is 2.20. The Kier molecular flexibility index (Phi) is 26.6. The second-order valence-corrected chi connectivity index (χ2v) is 12.8. The molecule has 1 unspecified atom stereocenters. The Labute approximate surface area is 247 Å². The first-order valence-electron chi connectivity index (χ1n) is 18.3. The van der Waals surface area contributed by atoms with E-state index >= 15 is 0 Å². The van der Waals surface area contributed by atoms with Crippen molar-refractivity contribution in [1.29, 1.82) is 0 Å². The van der Waals surface area contributed by atoms with E-state index in [1.165, 1.54) is 186 Å². The van der Waals surface area contributed by atoms with Gasteiger partial charge < -0.3 is 0 Å². The summed E-state index contributed by atoms with van der Waals surface area (Å²) in [6.07, 6.45) is 42.6. The van der Waals surface area contributed by atoms with Crippen molar-refractivity contribution in [3.63, 3.8) is 0 Å².